The molecule has 2 aromatic rings. The molecule has 1 aliphatic rings. The summed E-state index contributed by atoms with van der Waals surface area (Å²) in [6.07, 6.45) is 13.6. The Kier molecular flexibility index (Phi) is 7.91. The molecule has 0 amide bonds. The zero-order valence-corrected chi connectivity index (χ0v) is 18.4. The van der Waals surface area contributed by atoms with E-state index in [1.807, 2.05) is 13.8 Å². The van der Waals surface area contributed by atoms with Gasteiger partial charge >= 0.3 is 5.97 Å². The molecule has 1 unspecified atom stereocenters. The number of hydrogen-bond acceptors (Lipinski definition) is 2. The van der Waals surface area contributed by atoms with Crippen LogP contribution in [0, 0.1) is 5.92 Å². The molecule has 0 saturated heterocycles. The first kappa shape index (κ1) is 21.6. The Labute approximate surface area is 176 Å². The Bertz CT molecular complexity index is 841. The van der Waals surface area contributed by atoms with E-state index in [9.17, 15) is 4.79 Å². The molecule has 0 aromatic heterocycles. The van der Waals surface area contributed by atoms with Crippen molar-refractivity contribution in [1.29, 1.82) is 0 Å². The molecule has 2 heteroatoms. The number of rotatable bonds is 11. The molecular weight excluding hydrogens is 356 g/mol. The Morgan fingerprint density at radius 2 is 1.59 bits per heavy atom. The van der Waals surface area contributed by atoms with Crippen LogP contribution in [0.4, 0.5) is 0 Å². The van der Waals surface area contributed by atoms with E-state index in [2.05, 4.69) is 49.4 Å². The largest absolute Gasteiger partial charge is 0.453 e. The quantitative estimate of drug-likeness (QED) is 0.286. The number of esters is 1. The second-order valence-electron chi connectivity index (χ2n) is 8.68. The second-order valence-corrected chi connectivity index (χ2v) is 8.68. The molecule has 0 spiro atoms. The number of allylic oxidation sites excluding steroid dienone is 1. The number of hydrogen-bond donors (Lipinski definition) is 0. The Morgan fingerprint density at radius 3 is 2.28 bits per heavy atom. The lowest BCUT2D eigenvalue weighted by atomic mass is 9.84. The molecule has 156 valence electrons. The van der Waals surface area contributed by atoms with E-state index in [0.717, 1.165) is 12.0 Å². The van der Waals surface area contributed by atoms with Crippen molar-refractivity contribution >= 4 is 22.3 Å². The van der Waals surface area contributed by atoms with Crippen LogP contribution >= 0.6 is 0 Å². The normalized spacial score (nSPS) is 15.6. The molecule has 0 heterocycles. The van der Waals surface area contributed by atoms with E-state index >= 15 is 0 Å². The average molecular weight is 393 g/mol. The molecule has 2 aromatic carbocycles. The van der Waals surface area contributed by atoms with Crippen LogP contribution in [0.25, 0.3) is 16.3 Å². The van der Waals surface area contributed by atoms with Crippen LogP contribution in [0.3, 0.4) is 0 Å². The minimum Gasteiger partial charge on any atom is -0.453 e. The lowest BCUT2D eigenvalue weighted by molar-refractivity contribution is -0.150. The van der Waals surface area contributed by atoms with Crippen molar-refractivity contribution in [2.24, 2.45) is 5.92 Å². The summed E-state index contributed by atoms with van der Waals surface area (Å²) >= 11 is 0. The molecule has 0 fully saturated rings. The summed E-state index contributed by atoms with van der Waals surface area (Å²) in [4.78, 5) is 12.3. The Balaban J connectivity index is 1.70. The highest BCUT2D eigenvalue weighted by atomic mass is 16.5. The third kappa shape index (κ3) is 5.50. The summed E-state index contributed by atoms with van der Waals surface area (Å²) in [6.45, 7) is 6.05. The van der Waals surface area contributed by atoms with Crippen LogP contribution in [-0.4, -0.2) is 5.97 Å². The van der Waals surface area contributed by atoms with E-state index in [1.165, 1.54) is 73.3 Å². The highest BCUT2D eigenvalue weighted by Gasteiger charge is 2.25. The first-order valence-corrected chi connectivity index (χ1v) is 11.5. The zero-order valence-electron chi connectivity index (χ0n) is 18.4. The third-order valence-corrected chi connectivity index (χ3v) is 5.96. The highest BCUT2D eigenvalue weighted by Crippen LogP contribution is 2.41. The predicted molar refractivity (Wildman–Crippen MR) is 123 cm³/mol. The second kappa shape index (κ2) is 10.6. The Hall–Kier alpha value is -2.09. The number of unbranched alkanes of at least 4 members (excludes halogenated alkanes) is 7. The van der Waals surface area contributed by atoms with E-state index in [1.54, 1.807) is 0 Å². The maximum absolute atomic E-state index is 12.3. The van der Waals surface area contributed by atoms with Gasteiger partial charge in [0.25, 0.3) is 0 Å². The molecule has 2 nitrogen and oxygen atoms in total. The van der Waals surface area contributed by atoms with Gasteiger partial charge in [0, 0.05) is 5.56 Å². The zero-order chi connectivity index (χ0) is 20.6. The average Bonchev–Trinajstić information content (AvgIpc) is 2.72. The molecule has 0 aliphatic heterocycles. The first-order valence-electron chi connectivity index (χ1n) is 11.5. The molecule has 3 rings (SSSR count). The van der Waals surface area contributed by atoms with Gasteiger partial charge in [-0.25, -0.2) is 0 Å². The summed E-state index contributed by atoms with van der Waals surface area (Å²) in [5, 5.41) is 2.49. The fourth-order valence-corrected chi connectivity index (χ4v) is 4.26. The maximum Gasteiger partial charge on any atom is 0.309 e. The summed E-state index contributed by atoms with van der Waals surface area (Å²) < 4.78 is 5.90. The minimum absolute atomic E-state index is 0.115. The van der Waals surface area contributed by atoms with Crippen molar-refractivity contribution in [2.75, 3.05) is 0 Å². The molecule has 0 radical (unpaired) electrons. The highest BCUT2D eigenvalue weighted by molar-refractivity contribution is 5.98. The van der Waals surface area contributed by atoms with Gasteiger partial charge in [-0.3, -0.25) is 4.79 Å². The monoisotopic (exact) mass is 392 g/mol. The fourth-order valence-electron chi connectivity index (χ4n) is 4.26. The molecule has 1 atom stereocenters. The van der Waals surface area contributed by atoms with Crippen LogP contribution < -0.4 is 0 Å². The van der Waals surface area contributed by atoms with Gasteiger partial charge in [-0.2, -0.15) is 0 Å². The number of carbonyl (C=O) groups is 1. The summed E-state index contributed by atoms with van der Waals surface area (Å²) in [5.41, 5.74) is 3.77. The van der Waals surface area contributed by atoms with Crippen molar-refractivity contribution in [3.05, 3.63) is 53.6 Å². The fraction of sp³-hybridized carbons (Fsp3) is 0.519. The van der Waals surface area contributed by atoms with Crippen LogP contribution in [-0.2, 0) is 9.53 Å². The predicted octanol–water partition coefficient (Wildman–Crippen LogP) is 8.01. The molecule has 0 saturated carbocycles. The Morgan fingerprint density at radius 1 is 0.931 bits per heavy atom. The van der Waals surface area contributed by atoms with Crippen molar-refractivity contribution in [3.8, 4) is 0 Å². The summed E-state index contributed by atoms with van der Waals surface area (Å²) in [5.74, 6) is -0.245. The standard InChI is InChI=1S/C27H36O2/c1-4-5-6-7-8-9-10-11-14-22-19-25(29-27(28)20(2)3)24-18-13-16-21-15-12-17-23(22)26(21)24/h12-13,15-20,25H,4-11,14H2,1-3H3. The number of benzene rings is 2. The molecule has 29 heavy (non-hydrogen) atoms. The van der Waals surface area contributed by atoms with Gasteiger partial charge in [-0.1, -0.05) is 102 Å². The molecule has 0 N–H and O–H groups in total. The first-order chi connectivity index (χ1) is 14.1. The topological polar surface area (TPSA) is 26.3 Å². The van der Waals surface area contributed by atoms with Gasteiger partial charge in [0.15, 0.2) is 0 Å². The van der Waals surface area contributed by atoms with Gasteiger partial charge < -0.3 is 4.74 Å². The van der Waals surface area contributed by atoms with Crippen molar-refractivity contribution < 1.29 is 9.53 Å². The molecular formula is C27H36O2. The van der Waals surface area contributed by atoms with E-state index in [0.29, 0.717) is 0 Å². The minimum atomic E-state index is -0.271. The van der Waals surface area contributed by atoms with Gasteiger partial charge in [-0.15, -0.1) is 0 Å². The lowest BCUT2D eigenvalue weighted by Crippen LogP contribution is -2.17. The smallest absolute Gasteiger partial charge is 0.309 e. The van der Waals surface area contributed by atoms with Crippen LogP contribution in [0.1, 0.15) is 95.8 Å². The van der Waals surface area contributed by atoms with Gasteiger partial charge in [-0.05, 0) is 40.8 Å². The lowest BCUT2D eigenvalue weighted by Gasteiger charge is -2.26. The molecule has 1 aliphatic carbocycles. The van der Waals surface area contributed by atoms with Crippen molar-refractivity contribution in [3.63, 3.8) is 0 Å². The SMILES string of the molecule is CCCCCCCCCCC1=CC(OC(=O)C(C)C)c2cccc3cccc1c23. The molecule has 0 bridgehead atoms. The maximum atomic E-state index is 12.3. The van der Waals surface area contributed by atoms with Crippen LogP contribution in [0.5, 0.6) is 0 Å². The van der Waals surface area contributed by atoms with Gasteiger partial charge in [0.1, 0.15) is 6.10 Å². The van der Waals surface area contributed by atoms with E-state index in [4.69, 9.17) is 4.74 Å². The van der Waals surface area contributed by atoms with Crippen LogP contribution in [0.2, 0.25) is 0 Å². The van der Waals surface area contributed by atoms with E-state index in [-0.39, 0.29) is 18.0 Å². The summed E-state index contributed by atoms with van der Waals surface area (Å²) in [6, 6.07) is 12.8. The number of carbonyl (C=O) groups excluding carboxylic acids is 1. The van der Waals surface area contributed by atoms with Gasteiger partial charge in [0.2, 0.25) is 0 Å². The van der Waals surface area contributed by atoms with Crippen LogP contribution in [0.15, 0.2) is 42.5 Å². The van der Waals surface area contributed by atoms with E-state index < -0.39 is 0 Å². The van der Waals surface area contributed by atoms with Crippen molar-refractivity contribution in [1.82, 2.24) is 0 Å². The van der Waals surface area contributed by atoms with Gasteiger partial charge in [0.05, 0.1) is 5.92 Å². The third-order valence-electron chi connectivity index (χ3n) is 5.96. The number of ether oxygens (including phenoxy) is 1. The van der Waals surface area contributed by atoms with Crippen molar-refractivity contribution in [2.45, 2.75) is 84.7 Å². The summed E-state index contributed by atoms with van der Waals surface area (Å²) in [7, 11) is 0.